The van der Waals surface area contributed by atoms with Gasteiger partial charge in [0.2, 0.25) is 0 Å². The van der Waals surface area contributed by atoms with E-state index in [2.05, 4.69) is 36.9 Å². The van der Waals surface area contributed by atoms with Crippen molar-refractivity contribution in [3.8, 4) is 0 Å². The summed E-state index contributed by atoms with van der Waals surface area (Å²) in [6, 6.07) is 6.36. The van der Waals surface area contributed by atoms with Crippen molar-refractivity contribution in [2.75, 3.05) is 23.7 Å². The van der Waals surface area contributed by atoms with Crippen LogP contribution in [0.1, 0.15) is 25.3 Å². The van der Waals surface area contributed by atoms with Gasteiger partial charge < -0.3 is 10.6 Å². The number of rotatable bonds is 1. The number of hydrogen-bond acceptors (Lipinski definition) is 2. The first kappa shape index (κ1) is 10.3. The fourth-order valence-electron chi connectivity index (χ4n) is 2.21. The lowest BCUT2D eigenvalue weighted by atomic mass is 9.98. The molecule has 0 amide bonds. The highest BCUT2D eigenvalue weighted by Crippen LogP contribution is 2.28. The molecule has 2 N–H and O–H groups in total. The summed E-state index contributed by atoms with van der Waals surface area (Å²) in [6.45, 7) is 6.71. The quantitative estimate of drug-likeness (QED) is 0.713. The molecule has 0 saturated carbocycles. The van der Waals surface area contributed by atoms with Crippen LogP contribution in [0.15, 0.2) is 18.2 Å². The van der Waals surface area contributed by atoms with Gasteiger partial charge in [-0.05, 0) is 43.4 Å². The number of nitrogens with two attached hydrogens (primary N) is 1. The number of nitrogen functional groups attached to an aromatic ring is 1. The molecular formula is C13H20N2. The summed E-state index contributed by atoms with van der Waals surface area (Å²) in [4.78, 5) is 2.41. The molecule has 0 aliphatic carbocycles. The Labute approximate surface area is 92.1 Å². The summed E-state index contributed by atoms with van der Waals surface area (Å²) in [5, 5.41) is 0. The standard InChI is InChI=1S/C13H20N2/c1-10-5-7-15(8-6-10)13-4-3-11(2)9-12(13)14/h3-4,9-10H,5-8,14H2,1-2H3. The summed E-state index contributed by atoms with van der Waals surface area (Å²) in [6.07, 6.45) is 2.57. The van der Waals surface area contributed by atoms with Crippen LogP contribution in [-0.2, 0) is 0 Å². The topological polar surface area (TPSA) is 29.3 Å². The van der Waals surface area contributed by atoms with Crippen LogP contribution >= 0.6 is 0 Å². The van der Waals surface area contributed by atoms with Crippen molar-refractivity contribution in [1.82, 2.24) is 0 Å². The molecule has 82 valence electrons. The smallest absolute Gasteiger partial charge is 0.0600 e. The van der Waals surface area contributed by atoms with Gasteiger partial charge in [-0.25, -0.2) is 0 Å². The Morgan fingerprint density at radius 1 is 1.27 bits per heavy atom. The zero-order valence-corrected chi connectivity index (χ0v) is 9.66. The second kappa shape index (κ2) is 4.13. The van der Waals surface area contributed by atoms with Crippen molar-refractivity contribution in [3.05, 3.63) is 23.8 Å². The van der Waals surface area contributed by atoms with E-state index in [9.17, 15) is 0 Å². The van der Waals surface area contributed by atoms with Crippen molar-refractivity contribution in [2.45, 2.75) is 26.7 Å². The molecule has 1 fully saturated rings. The predicted octanol–water partition coefficient (Wildman–Crippen LogP) is 2.81. The average molecular weight is 204 g/mol. The van der Waals surface area contributed by atoms with Gasteiger partial charge in [-0.3, -0.25) is 0 Å². The van der Waals surface area contributed by atoms with E-state index in [0.29, 0.717) is 0 Å². The fraction of sp³-hybridized carbons (Fsp3) is 0.538. The van der Waals surface area contributed by atoms with Crippen LogP contribution in [0, 0.1) is 12.8 Å². The monoisotopic (exact) mass is 204 g/mol. The molecule has 0 radical (unpaired) electrons. The molecule has 1 aliphatic rings. The van der Waals surface area contributed by atoms with E-state index < -0.39 is 0 Å². The molecule has 1 aromatic carbocycles. The Kier molecular flexibility index (Phi) is 2.85. The number of benzene rings is 1. The van der Waals surface area contributed by atoms with Crippen molar-refractivity contribution in [2.24, 2.45) is 5.92 Å². The molecule has 1 heterocycles. The van der Waals surface area contributed by atoms with E-state index in [1.165, 1.54) is 24.1 Å². The molecule has 1 aromatic rings. The van der Waals surface area contributed by atoms with Crippen molar-refractivity contribution in [3.63, 3.8) is 0 Å². The van der Waals surface area contributed by atoms with Crippen molar-refractivity contribution < 1.29 is 0 Å². The minimum Gasteiger partial charge on any atom is -0.397 e. The zero-order valence-electron chi connectivity index (χ0n) is 9.66. The van der Waals surface area contributed by atoms with Gasteiger partial charge in [0.25, 0.3) is 0 Å². The minimum absolute atomic E-state index is 0.868. The highest BCUT2D eigenvalue weighted by molar-refractivity contribution is 5.68. The number of anilines is 2. The van der Waals surface area contributed by atoms with Crippen molar-refractivity contribution in [1.29, 1.82) is 0 Å². The lowest BCUT2D eigenvalue weighted by molar-refractivity contribution is 0.438. The summed E-state index contributed by atoms with van der Waals surface area (Å²) in [5.41, 5.74) is 9.42. The highest BCUT2D eigenvalue weighted by atomic mass is 15.1. The molecule has 0 aromatic heterocycles. The normalized spacial score (nSPS) is 18.1. The summed E-state index contributed by atoms with van der Waals surface area (Å²) >= 11 is 0. The van der Waals surface area contributed by atoms with Gasteiger partial charge in [-0.2, -0.15) is 0 Å². The zero-order chi connectivity index (χ0) is 10.8. The number of hydrogen-bond donors (Lipinski definition) is 1. The van der Waals surface area contributed by atoms with Crippen LogP contribution in [0.5, 0.6) is 0 Å². The minimum atomic E-state index is 0.868. The third-order valence-corrected chi connectivity index (χ3v) is 3.31. The number of aryl methyl sites for hydroxylation is 1. The van der Waals surface area contributed by atoms with Gasteiger partial charge in [-0.1, -0.05) is 13.0 Å². The first-order valence-electron chi connectivity index (χ1n) is 5.78. The SMILES string of the molecule is Cc1ccc(N2CCC(C)CC2)c(N)c1. The second-order valence-electron chi connectivity index (χ2n) is 4.73. The molecule has 2 rings (SSSR count). The second-order valence-corrected chi connectivity index (χ2v) is 4.73. The largest absolute Gasteiger partial charge is 0.397 e. The lowest BCUT2D eigenvalue weighted by Gasteiger charge is -2.33. The van der Waals surface area contributed by atoms with E-state index >= 15 is 0 Å². The molecule has 2 nitrogen and oxygen atoms in total. The molecule has 1 aliphatic heterocycles. The Morgan fingerprint density at radius 3 is 2.53 bits per heavy atom. The number of nitrogens with zero attached hydrogens (tertiary/aromatic N) is 1. The van der Waals surface area contributed by atoms with Crippen LogP contribution in [0.4, 0.5) is 11.4 Å². The van der Waals surface area contributed by atoms with Crippen LogP contribution in [0.3, 0.4) is 0 Å². The molecule has 0 spiro atoms. The van der Waals surface area contributed by atoms with Gasteiger partial charge in [0, 0.05) is 13.1 Å². The predicted molar refractivity (Wildman–Crippen MR) is 66.2 cm³/mol. The van der Waals surface area contributed by atoms with Crippen LogP contribution < -0.4 is 10.6 Å². The Morgan fingerprint density at radius 2 is 1.93 bits per heavy atom. The molecule has 0 atom stereocenters. The first-order chi connectivity index (χ1) is 7.16. The van der Waals surface area contributed by atoms with E-state index in [1.54, 1.807) is 0 Å². The van der Waals surface area contributed by atoms with Crippen LogP contribution in [-0.4, -0.2) is 13.1 Å². The maximum absolute atomic E-state index is 6.05. The average Bonchev–Trinajstić information content (AvgIpc) is 2.20. The van der Waals surface area contributed by atoms with Crippen LogP contribution in [0.2, 0.25) is 0 Å². The number of piperidine rings is 1. The fourth-order valence-corrected chi connectivity index (χ4v) is 2.21. The van der Waals surface area contributed by atoms with Gasteiger partial charge in [0.15, 0.2) is 0 Å². The first-order valence-corrected chi connectivity index (χ1v) is 5.78. The Balaban J connectivity index is 2.15. The molecular weight excluding hydrogens is 184 g/mol. The summed E-state index contributed by atoms with van der Waals surface area (Å²) < 4.78 is 0. The van der Waals surface area contributed by atoms with E-state index in [4.69, 9.17) is 5.73 Å². The lowest BCUT2D eigenvalue weighted by Crippen LogP contribution is -2.33. The summed E-state index contributed by atoms with van der Waals surface area (Å²) in [5.74, 6) is 0.868. The maximum Gasteiger partial charge on any atom is 0.0600 e. The molecule has 0 bridgehead atoms. The third kappa shape index (κ3) is 2.25. The molecule has 15 heavy (non-hydrogen) atoms. The van der Waals surface area contributed by atoms with Gasteiger partial charge in [0.1, 0.15) is 0 Å². The van der Waals surface area contributed by atoms with E-state index in [0.717, 1.165) is 24.7 Å². The van der Waals surface area contributed by atoms with Crippen LogP contribution in [0.25, 0.3) is 0 Å². The third-order valence-electron chi connectivity index (χ3n) is 3.31. The van der Waals surface area contributed by atoms with Crippen molar-refractivity contribution >= 4 is 11.4 Å². The summed E-state index contributed by atoms with van der Waals surface area (Å²) in [7, 11) is 0. The van der Waals surface area contributed by atoms with Gasteiger partial charge in [0.05, 0.1) is 11.4 Å². The molecule has 2 heteroatoms. The van der Waals surface area contributed by atoms with Gasteiger partial charge >= 0.3 is 0 Å². The maximum atomic E-state index is 6.05. The van der Waals surface area contributed by atoms with Gasteiger partial charge in [-0.15, -0.1) is 0 Å². The Bertz CT molecular complexity index is 338. The molecule has 1 saturated heterocycles. The highest BCUT2D eigenvalue weighted by Gasteiger charge is 2.17. The Hall–Kier alpha value is -1.18. The molecule has 0 unspecified atom stereocenters. The van der Waals surface area contributed by atoms with E-state index in [-0.39, 0.29) is 0 Å². The van der Waals surface area contributed by atoms with E-state index in [1.807, 2.05) is 0 Å².